The highest BCUT2D eigenvalue weighted by atomic mass is 16.5. The molecule has 1 N–H and O–H groups in total. The van der Waals surface area contributed by atoms with Crippen LogP contribution < -0.4 is 0 Å². The Hall–Kier alpha value is -2.01. The average molecular weight is 441 g/mol. The van der Waals surface area contributed by atoms with Crippen molar-refractivity contribution in [2.45, 2.75) is 85.4 Å². The highest BCUT2D eigenvalue weighted by Crippen LogP contribution is 2.67. The summed E-state index contributed by atoms with van der Waals surface area (Å²) in [7, 11) is 0. The van der Waals surface area contributed by atoms with Crippen molar-refractivity contribution in [2.24, 2.45) is 28.6 Å². The third-order valence-corrected chi connectivity index (χ3v) is 9.43. The van der Waals surface area contributed by atoms with Gasteiger partial charge in [0.2, 0.25) is 5.78 Å². The maximum atomic E-state index is 13.6. The van der Waals surface area contributed by atoms with Gasteiger partial charge in [-0.2, -0.15) is 0 Å². The van der Waals surface area contributed by atoms with Gasteiger partial charge in [-0.25, -0.2) is 0 Å². The SMILES string of the molecule is C/C=C/C(=O)[C@@H](C)C1=CC(=O)C2=C(OC34CC[C@H](O)C(C)(C)[C@@H]3CC[C@H](C)[C@@]4(C)C2)C1=O. The molecule has 0 radical (unpaired) electrons. The predicted octanol–water partition coefficient (Wildman–Crippen LogP) is 4.49. The van der Waals surface area contributed by atoms with Crippen molar-refractivity contribution in [3.05, 3.63) is 35.1 Å². The summed E-state index contributed by atoms with van der Waals surface area (Å²) in [5.41, 5.74) is -0.602. The molecule has 0 aromatic rings. The quantitative estimate of drug-likeness (QED) is 0.516. The summed E-state index contributed by atoms with van der Waals surface area (Å²) >= 11 is 0. The molecule has 0 aromatic carbocycles. The molecule has 2 fully saturated rings. The zero-order chi connectivity index (χ0) is 23.6. The molecule has 1 unspecified atom stereocenters. The first-order valence-electron chi connectivity index (χ1n) is 12.0. The summed E-state index contributed by atoms with van der Waals surface area (Å²) in [6.45, 7) is 12.0. The maximum Gasteiger partial charge on any atom is 0.224 e. The van der Waals surface area contributed by atoms with Gasteiger partial charge in [-0.05, 0) is 62.5 Å². The van der Waals surface area contributed by atoms with Gasteiger partial charge >= 0.3 is 0 Å². The first-order chi connectivity index (χ1) is 14.9. The lowest BCUT2D eigenvalue weighted by Crippen LogP contribution is -2.68. The molecule has 0 bridgehead atoms. The predicted molar refractivity (Wildman–Crippen MR) is 122 cm³/mol. The van der Waals surface area contributed by atoms with Crippen LogP contribution in [0.5, 0.6) is 0 Å². The number of ether oxygens (including phenoxy) is 1. The van der Waals surface area contributed by atoms with E-state index in [1.165, 1.54) is 12.2 Å². The minimum Gasteiger partial charge on any atom is -0.482 e. The van der Waals surface area contributed by atoms with E-state index in [-0.39, 0.29) is 45.4 Å². The molecular formula is C27H36O5. The van der Waals surface area contributed by atoms with Gasteiger partial charge in [0.15, 0.2) is 17.3 Å². The maximum absolute atomic E-state index is 13.6. The molecule has 0 aromatic heterocycles. The molecule has 4 rings (SSSR count). The molecule has 1 heterocycles. The highest BCUT2D eigenvalue weighted by molar-refractivity contribution is 6.24. The minimum absolute atomic E-state index is 0.0772. The van der Waals surface area contributed by atoms with Crippen LogP contribution in [0.2, 0.25) is 0 Å². The average Bonchev–Trinajstić information content (AvgIpc) is 2.73. The number of hydrogen-bond acceptors (Lipinski definition) is 5. The Bertz CT molecular complexity index is 967. The second-order valence-electron chi connectivity index (χ2n) is 11.2. The topological polar surface area (TPSA) is 80.7 Å². The van der Waals surface area contributed by atoms with Crippen LogP contribution in [0.15, 0.2) is 35.1 Å². The van der Waals surface area contributed by atoms with Crippen LogP contribution in [0.4, 0.5) is 0 Å². The van der Waals surface area contributed by atoms with Crippen molar-refractivity contribution in [3.63, 3.8) is 0 Å². The molecule has 174 valence electrons. The smallest absolute Gasteiger partial charge is 0.224 e. The largest absolute Gasteiger partial charge is 0.482 e. The number of aliphatic hydroxyl groups is 1. The Balaban J connectivity index is 1.80. The second kappa shape index (κ2) is 7.51. The van der Waals surface area contributed by atoms with Gasteiger partial charge in [-0.1, -0.05) is 40.7 Å². The van der Waals surface area contributed by atoms with Crippen molar-refractivity contribution in [3.8, 4) is 0 Å². The Kier molecular flexibility index (Phi) is 5.44. The standard InChI is InChI=1S/C27H36O5/c1-7-8-19(28)16(3)17-13-20(29)18-14-26(6)15(2)9-10-21-25(4,5)22(30)11-12-27(21,26)32-24(18)23(17)31/h7-8,13,15-16,21-22,30H,9-12,14H2,1-6H3/b8-7+/t15-,16-,21-,22-,26+,27?/m0/s1. The number of ketones is 3. The third-order valence-electron chi connectivity index (χ3n) is 9.43. The van der Waals surface area contributed by atoms with E-state index in [4.69, 9.17) is 4.74 Å². The van der Waals surface area contributed by atoms with Crippen LogP contribution in [-0.2, 0) is 19.1 Å². The summed E-state index contributed by atoms with van der Waals surface area (Å²) < 4.78 is 6.77. The normalized spacial score (nSPS) is 39.6. The van der Waals surface area contributed by atoms with E-state index in [9.17, 15) is 19.5 Å². The minimum atomic E-state index is -0.697. The van der Waals surface area contributed by atoms with Gasteiger partial charge in [0.25, 0.3) is 0 Å². The van der Waals surface area contributed by atoms with E-state index < -0.39 is 17.6 Å². The molecule has 6 atom stereocenters. The summed E-state index contributed by atoms with van der Waals surface area (Å²) in [6, 6.07) is 0. The van der Waals surface area contributed by atoms with Crippen LogP contribution in [0.25, 0.3) is 0 Å². The van der Waals surface area contributed by atoms with Gasteiger partial charge < -0.3 is 9.84 Å². The molecule has 1 spiro atoms. The summed E-state index contributed by atoms with van der Waals surface area (Å²) in [5, 5.41) is 10.8. The Morgan fingerprint density at radius 2 is 1.91 bits per heavy atom. The molecule has 0 amide bonds. The number of allylic oxidation sites excluding steroid dienone is 5. The molecule has 2 saturated carbocycles. The van der Waals surface area contributed by atoms with E-state index in [0.29, 0.717) is 30.8 Å². The molecule has 0 saturated heterocycles. The lowest BCUT2D eigenvalue weighted by Gasteiger charge is -2.67. The van der Waals surface area contributed by atoms with Gasteiger partial charge in [0, 0.05) is 28.4 Å². The molecule has 32 heavy (non-hydrogen) atoms. The fourth-order valence-corrected chi connectivity index (χ4v) is 7.02. The molecule has 1 aliphatic heterocycles. The molecule has 4 aliphatic rings. The van der Waals surface area contributed by atoms with Gasteiger partial charge in [0.1, 0.15) is 5.60 Å². The molecular weight excluding hydrogens is 404 g/mol. The van der Waals surface area contributed by atoms with Crippen molar-refractivity contribution in [1.29, 1.82) is 0 Å². The lowest BCUT2D eigenvalue weighted by molar-refractivity contribution is -0.255. The van der Waals surface area contributed by atoms with Crippen LogP contribution >= 0.6 is 0 Å². The van der Waals surface area contributed by atoms with Crippen molar-refractivity contribution < 1.29 is 24.2 Å². The summed E-state index contributed by atoms with van der Waals surface area (Å²) in [5.74, 6) is -0.893. The van der Waals surface area contributed by atoms with E-state index in [1.807, 2.05) is 0 Å². The van der Waals surface area contributed by atoms with Crippen molar-refractivity contribution in [2.75, 3.05) is 0 Å². The summed E-state index contributed by atoms with van der Waals surface area (Å²) in [6.07, 6.45) is 7.71. The Morgan fingerprint density at radius 1 is 1.22 bits per heavy atom. The van der Waals surface area contributed by atoms with Gasteiger partial charge in [-0.15, -0.1) is 0 Å². The van der Waals surface area contributed by atoms with E-state index in [0.717, 1.165) is 12.8 Å². The van der Waals surface area contributed by atoms with Crippen LogP contribution in [0, 0.1) is 28.6 Å². The number of rotatable bonds is 3. The molecule has 5 nitrogen and oxygen atoms in total. The first kappa shape index (κ1) is 23.2. The molecule has 3 aliphatic carbocycles. The van der Waals surface area contributed by atoms with Crippen LogP contribution in [0.1, 0.15) is 73.6 Å². The number of hydrogen-bond donors (Lipinski definition) is 1. The second-order valence-corrected chi connectivity index (χ2v) is 11.2. The Labute approximate surface area is 191 Å². The number of Topliss-reactive ketones (excluding diaryl/α,β-unsaturated/α-hetero) is 1. The van der Waals surface area contributed by atoms with Crippen LogP contribution in [0.3, 0.4) is 0 Å². The van der Waals surface area contributed by atoms with Crippen molar-refractivity contribution >= 4 is 17.3 Å². The van der Waals surface area contributed by atoms with Gasteiger partial charge in [0.05, 0.1) is 6.10 Å². The summed E-state index contributed by atoms with van der Waals surface area (Å²) in [4.78, 5) is 39.2. The van der Waals surface area contributed by atoms with E-state index >= 15 is 0 Å². The number of aliphatic hydroxyl groups excluding tert-OH is 1. The zero-order valence-corrected chi connectivity index (χ0v) is 20.2. The molecule has 5 heteroatoms. The van der Waals surface area contributed by atoms with Crippen molar-refractivity contribution in [1.82, 2.24) is 0 Å². The van der Waals surface area contributed by atoms with Crippen LogP contribution in [-0.4, -0.2) is 34.2 Å². The zero-order valence-electron chi connectivity index (χ0n) is 20.2. The number of carbonyl (C=O) groups excluding carboxylic acids is 3. The first-order valence-corrected chi connectivity index (χ1v) is 12.0. The number of carbonyl (C=O) groups is 3. The fourth-order valence-electron chi connectivity index (χ4n) is 7.02. The van der Waals surface area contributed by atoms with Gasteiger partial charge in [-0.3, -0.25) is 14.4 Å². The van der Waals surface area contributed by atoms with E-state index in [1.54, 1.807) is 19.9 Å². The van der Waals surface area contributed by atoms with E-state index in [2.05, 4.69) is 27.7 Å². The third kappa shape index (κ3) is 2.96. The highest BCUT2D eigenvalue weighted by Gasteiger charge is 2.68. The monoisotopic (exact) mass is 440 g/mol. The lowest BCUT2D eigenvalue weighted by atomic mass is 9.43. The fraction of sp³-hybridized carbons (Fsp3) is 0.667. The Morgan fingerprint density at radius 3 is 2.56 bits per heavy atom.